The van der Waals surface area contributed by atoms with E-state index in [9.17, 15) is 8.42 Å². The van der Waals surface area contributed by atoms with E-state index in [2.05, 4.69) is 15.7 Å². The fourth-order valence-electron chi connectivity index (χ4n) is 1.67. The van der Waals surface area contributed by atoms with E-state index >= 15 is 0 Å². The minimum absolute atomic E-state index is 0.150. The molecular formula is C11H16N4O3S. The number of nitrogens with one attached hydrogen (secondary N) is 1. The zero-order valence-electron chi connectivity index (χ0n) is 10.6. The zero-order valence-corrected chi connectivity index (χ0v) is 11.4. The number of nitrogens with zero attached hydrogens (tertiary/aromatic N) is 3. The van der Waals surface area contributed by atoms with E-state index in [1.807, 2.05) is 6.92 Å². The highest BCUT2D eigenvalue weighted by Crippen LogP contribution is 2.17. The molecule has 8 heteroatoms. The van der Waals surface area contributed by atoms with Gasteiger partial charge in [-0.25, -0.2) is 8.42 Å². The van der Waals surface area contributed by atoms with Crippen LogP contribution in [0.3, 0.4) is 0 Å². The van der Waals surface area contributed by atoms with Gasteiger partial charge in [-0.05, 0) is 29.8 Å². The second-order valence-electron chi connectivity index (χ2n) is 4.10. The van der Waals surface area contributed by atoms with Gasteiger partial charge in [0.15, 0.2) is 9.84 Å². The molecule has 104 valence electrons. The molecule has 0 aliphatic carbocycles. The molecule has 1 aromatic carbocycles. The number of hydrogen-bond donors (Lipinski definition) is 2. The SMILES string of the molecule is CCCNn1nnc2cc(S(=O)(=O)CCO)ccc21. The van der Waals surface area contributed by atoms with Crippen LogP contribution in [0.4, 0.5) is 0 Å². The first kappa shape index (κ1) is 13.8. The monoisotopic (exact) mass is 284 g/mol. The van der Waals surface area contributed by atoms with Crippen molar-refractivity contribution in [2.75, 3.05) is 24.3 Å². The lowest BCUT2D eigenvalue weighted by atomic mass is 10.3. The molecular weight excluding hydrogens is 268 g/mol. The number of aromatic nitrogens is 3. The molecule has 0 fully saturated rings. The van der Waals surface area contributed by atoms with Crippen LogP contribution in [0, 0.1) is 0 Å². The van der Waals surface area contributed by atoms with Crippen molar-refractivity contribution in [3.63, 3.8) is 0 Å². The summed E-state index contributed by atoms with van der Waals surface area (Å²) in [6.45, 7) is 2.39. The Morgan fingerprint density at radius 1 is 1.42 bits per heavy atom. The highest BCUT2D eigenvalue weighted by atomic mass is 32.2. The third-order valence-corrected chi connectivity index (χ3v) is 4.34. The molecule has 0 saturated carbocycles. The molecule has 1 heterocycles. The maximum Gasteiger partial charge on any atom is 0.180 e. The molecule has 1 aromatic heterocycles. The second-order valence-corrected chi connectivity index (χ2v) is 6.21. The summed E-state index contributed by atoms with van der Waals surface area (Å²) >= 11 is 0. The maximum absolute atomic E-state index is 11.8. The maximum atomic E-state index is 11.8. The first-order valence-corrected chi connectivity index (χ1v) is 7.66. The van der Waals surface area contributed by atoms with E-state index < -0.39 is 16.4 Å². The van der Waals surface area contributed by atoms with Gasteiger partial charge in [0, 0.05) is 6.54 Å². The van der Waals surface area contributed by atoms with Crippen LogP contribution in [-0.4, -0.2) is 47.5 Å². The van der Waals surface area contributed by atoms with E-state index in [1.165, 1.54) is 16.9 Å². The smallest absolute Gasteiger partial charge is 0.180 e. The summed E-state index contributed by atoms with van der Waals surface area (Å²) in [4.78, 5) is 1.68. The highest BCUT2D eigenvalue weighted by Gasteiger charge is 2.15. The van der Waals surface area contributed by atoms with Crippen molar-refractivity contribution in [3.05, 3.63) is 18.2 Å². The third kappa shape index (κ3) is 2.85. The molecule has 0 amide bonds. The first-order chi connectivity index (χ1) is 9.08. The average Bonchev–Trinajstić information content (AvgIpc) is 2.78. The molecule has 2 rings (SSSR count). The van der Waals surface area contributed by atoms with Gasteiger partial charge < -0.3 is 10.5 Å². The predicted octanol–water partition coefficient (Wildman–Crippen LogP) is 0.151. The quantitative estimate of drug-likeness (QED) is 0.783. The Bertz CT molecular complexity index is 666. The largest absolute Gasteiger partial charge is 0.395 e. The molecule has 0 aliphatic rings. The number of hydrogen-bond acceptors (Lipinski definition) is 6. The van der Waals surface area contributed by atoms with Crippen molar-refractivity contribution in [2.45, 2.75) is 18.2 Å². The van der Waals surface area contributed by atoms with Crippen molar-refractivity contribution < 1.29 is 13.5 Å². The Kier molecular flexibility index (Phi) is 4.01. The molecule has 2 N–H and O–H groups in total. The van der Waals surface area contributed by atoms with Crippen LogP contribution in [0.5, 0.6) is 0 Å². The minimum atomic E-state index is -3.46. The predicted molar refractivity (Wildman–Crippen MR) is 71.2 cm³/mol. The van der Waals surface area contributed by atoms with Gasteiger partial charge in [-0.15, -0.1) is 5.10 Å². The number of aliphatic hydroxyl groups is 1. The van der Waals surface area contributed by atoms with Crippen molar-refractivity contribution in [1.82, 2.24) is 15.1 Å². The summed E-state index contributed by atoms with van der Waals surface area (Å²) < 4.78 is 23.6. The second kappa shape index (κ2) is 5.54. The van der Waals surface area contributed by atoms with Crippen LogP contribution in [0.25, 0.3) is 11.0 Å². The van der Waals surface area contributed by atoms with Gasteiger partial charge in [0.2, 0.25) is 0 Å². The van der Waals surface area contributed by atoms with Gasteiger partial charge >= 0.3 is 0 Å². The molecule has 0 aliphatic heterocycles. The van der Waals surface area contributed by atoms with Gasteiger partial charge in [-0.1, -0.05) is 6.92 Å². The minimum Gasteiger partial charge on any atom is -0.395 e. The Balaban J connectivity index is 2.38. The van der Waals surface area contributed by atoms with Crippen LogP contribution in [0.2, 0.25) is 0 Å². The average molecular weight is 284 g/mol. The van der Waals surface area contributed by atoms with Crippen molar-refractivity contribution in [1.29, 1.82) is 0 Å². The van der Waals surface area contributed by atoms with Gasteiger partial charge in [0.25, 0.3) is 0 Å². The molecule has 0 atom stereocenters. The van der Waals surface area contributed by atoms with Crippen molar-refractivity contribution >= 4 is 20.9 Å². The Morgan fingerprint density at radius 3 is 2.89 bits per heavy atom. The molecule has 0 unspecified atom stereocenters. The van der Waals surface area contributed by atoms with Gasteiger partial charge in [-0.2, -0.15) is 4.79 Å². The summed E-state index contributed by atoms with van der Waals surface area (Å²) in [5.74, 6) is -0.291. The summed E-state index contributed by atoms with van der Waals surface area (Å²) in [5.41, 5.74) is 4.28. The summed E-state index contributed by atoms with van der Waals surface area (Å²) in [6.07, 6.45) is 0.949. The molecule has 2 aromatic rings. The first-order valence-electron chi connectivity index (χ1n) is 6.01. The summed E-state index contributed by atoms with van der Waals surface area (Å²) in [7, 11) is -3.46. The van der Waals surface area contributed by atoms with Crippen LogP contribution < -0.4 is 5.43 Å². The topological polar surface area (TPSA) is 97.1 Å². The Labute approximate surface area is 111 Å². The Hall–Kier alpha value is -1.67. The van der Waals surface area contributed by atoms with Crippen molar-refractivity contribution in [2.24, 2.45) is 0 Å². The third-order valence-electron chi connectivity index (χ3n) is 2.65. The van der Waals surface area contributed by atoms with Gasteiger partial charge in [-0.3, -0.25) is 0 Å². The van der Waals surface area contributed by atoms with E-state index in [0.29, 0.717) is 5.52 Å². The lowest BCUT2D eigenvalue weighted by molar-refractivity contribution is 0.319. The fraction of sp³-hybridized carbons (Fsp3) is 0.455. The van der Waals surface area contributed by atoms with E-state index in [0.717, 1.165) is 18.5 Å². The van der Waals surface area contributed by atoms with E-state index in [1.54, 1.807) is 6.07 Å². The molecule has 0 saturated heterocycles. The number of rotatable bonds is 6. The summed E-state index contributed by atoms with van der Waals surface area (Å²) in [6, 6.07) is 4.63. The number of fused-ring (bicyclic) bond motifs is 1. The molecule has 7 nitrogen and oxygen atoms in total. The number of sulfone groups is 1. The molecule has 19 heavy (non-hydrogen) atoms. The lowest BCUT2D eigenvalue weighted by Crippen LogP contribution is -2.16. The number of aliphatic hydroxyl groups excluding tert-OH is 1. The Morgan fingerprint density at radius 2 is 2.21 bits per heavy atom. The van der Waals surface area contributed by atoms with Crippen LogP contribution in [0.1, 0.15) is 13.3 Å². The van der Waals surface area contributed by atoms with Gasteiger partial charge in [0.1, 0.15) is 11.0 Å². The normalized spacial score (nSPS) is 11.9. The number of benzene rings is 1. The summed E-state index contributed by atoms with van der Waals surface area (Å²) in [5, 5.41) is 16.6. The van der Waals surface area contributed by atoms with E-state index in [-0.39, 0.29) is 10.6 Å². The fourth-order valence-corrected chi connectivity index (χ4v) is 2.71. The molecule has 0 radical (unpaired) electrons. The standard InChI is InChI=1S/C11H16N4O3S/c1-2-5-12-15-11-4-3-9(8-10(11)13-14-15)19(17,18)7-6-16/h3-4,8,12,16H,2,5-7H2,1H3. The zero-order chi connectivity index (χ0) is 13.9. The van der Waals surface area contributed by atoms with Crippen LogP contribution in [-0.2, 0) is 9.84 Å². The molecule has 0 bridgehead atoms. The van der Waals surface area contributed by atoms with Gasteiger partial charge in [0.05, 0.1) is 17.3 Å². The van der Waals surface area contributed by atoms with Crippen molar-refractivity contribution in [3.8, 4) is 0 Å². The highest BCUT2D eigenvalue weighted by molar-refractivity contribution is 7.91. The van der Waals surface area contributed by atoms with Crippen LogP contribution >= 0.6 is 0 Å². The lowest BCUT2D eigenvalue weighted by Gasteiger charge is -2.05. The van der Waals surface area contributed by atoms with Crippen LogP contribution in [0.15, 0.2) is 23.1 Å². The molecule has 0 spiro atoms. The van der Waals surface area contributed by atoms with E-state index in [4.69, 9.17) is 5.11 Å².